The fraction of sp³-hybridized carbons (Fsp3) is 0.636. The first-order chi connectivity index (χ1) is 17.0. The van der Waals surface area contributed by atoms with E-state index in [2.05, 4.69) is 25.9 Å². The van der Waals surface area contributed by atoms with E-state index in [0.717, 1.165) is 0 Å². The van der Waals surface area contributed by atoms with Crippen LogP contribution in [-0.2, 0) is 30.4 Å². The fourth-order valence-corrected chi connectivity index (χ4v) is 3.36. The molecule has 202 valence electrons. The van der Waals surface area contributed by atoms with Crippen molar-refractivity contribution in [2.24, 2.45) is 23.1 Å². The Labute approximate surface area is 209 Å². The van der Waals surface area contributed by atoms with Gasteiger partial charge in [-0.05, 0) is 38.1 Å². The molecule has 4 unspecified atom stereocenters. The lowest BCUT2D eigenvalue weighted by molar-refractivity contribution is -0.142. The Hall–Kier alpha value is -3.52. The van der Waals surface area contributed by atoms with E-state index >= 15 is 0 Å². The highest BCUT2D eigenvalue weighted by Crippen LogP contribution is 2.08. The van der Waals surface area contributed by atoms with Crippen molar-refractivity contribution in [2.45, 2.75) is 76.5 Å². The number of aromatic amines is 1. The standard InChI is InChI=1S/C22H38N8O6/c1-12(2)18(30-19(32)14(24)9-13-10-26-11-27-13)21(34)28-15(6-7-17(25)31)20(33)29-16(22(35)36)5-3-4-8-23/h10-12,14-16,18H,3-9,23-24H2,1-2H3,(H2,25,31)(H,26,27)(H,28,34)(H,29,33)(H,30,32)(H,35,36). The Balaban J connectivity index is 2.91. The van der Waals surface area contributed by atoms with Crippen LogP contribution < -0.4 is 33.2 Å². The van der Waals surface area contributed by atoms with Crippen molar-refractivity contribution >= 4 is 29.6 Å². The molecule has 0 saturated carbocycles. The summed E-state index contributed by atoms with van der Waals surface area (Å²) >= 11 is 0. The highest BCUT2D eigenvalue weighted by Gasteiger charge is 2.31. The van der Waals surface area contributed by atoms with Gasteiger partial charge in [-0.25, -0.2) is 9.78 Å². The number of aromatic nitrogens is 2. The summed E-state index contributed by atoms with van der Waals surface area (Å²) in [6.45, 7) is 3.77. The molecule has 0 spiro atoms. The van der Waals surface area contributed by atoms with Gasteiger partial charge in [0.1, 0.15) is 18.1 Å². The second-order valence-electron chi connectivity index (χ2n) is 8.87. The van der Waals surface area contributed by atoms with E-state index < -0.39 is 53.8 Å². The molecule has 0 radical (unpaired) electrons. The number of hydrogen-bond donors (Lipinski definition) is 8. The van der Waals surface area contributed by atoms with Crippen LogP contribution in [0.2, 0.25) is 0 Å². The molecular formula is C22H38N8O6. The number of carboxylic acids is 1. The molecule has 1 aromatic rings. The molecule has 1 heterocycles. The number of amides is 4. The van der Waals surface area contributed by atoms with E-state index in [-0.39, 0.29) is 31.6 Å². The number of rotatable bonds is 17. The first-order valence-electron chi connectivity index (χ1n) is 11.8. The van der Waals surface area contributed by atoms with E-state index in [0.29, 0.717) is 25.1 Å². The Kier molecular flexibility index (Phi) is 13.1. The van der Waals surface area contributed by atoms with Gasteiger partial charge in [-0.15, -0.1) is 0 Å². The predicted octanol–water partition coefficient (Wildman–Crippen LogP) is -2.13. The molecule has 11 N–H and O–H groups in total. The van der Waals surface area contributed by atoms with Crippen molar-refractivity contribution in [1.82, 2.24) is 25.9 Å². The number of carboxylic acid groups (broad SMARTS) is 1. The zero-order chi connectivity index (χ0) is 27.3. The van der Waals surface area contributed by atoms with E-state index in [9.17, 15) is 29.1 Å². The molecule has 0 aliphatic rings. The van der Waals surface area contributed by atoms with Crippen LogP contribution in [0.3, 0.4) is 0 Å². The second-order valence-corrected chi connectivity index (χ2v) is 8.87. The number of carbonyl (C=O) groups excluding carboxylic acids is 4. The summed E-state index contributed by atoms with van der Waals surface area (Å²) in [5.41, 5.74) is 17.2. The summed E-state index contributed by atoms with van der Waals surface area (Å²) in [6, 6.07) is -4.45. The van der Waals surface area contributed by atoms with Gasteiger partial charge in [-0.2, -0.15) is 0 Å². The van der Waals surface area contributed by atoms with Gasteiger partial charge in [0.25, 0.3) is 0 Å². The van der Waals surface area contributed by atoms with Crippen LogP contribution >= 0.6 is 0 Å². The van der Waals surface area contributed by atoms with Crippen LogP contribution in [0.5, 0.6) is 0 Å². The van der Waals surface area contributed by atoms with Gasteiger partial charge >= 0.3 is 5.97 Å². The largest absolute Gasteiger partial charge is 0.480 e. The zero-order valence-electron chi connectivity index (χ0n) is 20.7. The monoisotopic (exact) mass is 510 g/mol. The maximum atomic E-state index is 13.0. The molecule has 0 aliphatic heterocycles. The highest BCUT2D eigenvalue weighted by molar-refractivity contribution is 5.94. The van der Waals surface area contributed by atoms with Gasteiger partial charge in [0, 0.05) is 24.7 Å². The van der Waals surface area contributed by atoms with E-state index in [1.807, 2.05) is 0 Å². The number of nitrogens with one attached hydrogen (secondary N) is 4. The van der Waals surface area contributed by atoms with Crippen molar-refractivity contribution in [2.75, 3.05) is 6.54 Å². The predicted molar refractivity (Wildman–Crippen MR) is 130 cm³/mol. The summed E-state index contributed by atoms with van der Waals surface area (Å²) < 4.78 is 0. The highest BCUT2D eigenvalue weighted by atomic mass is 16.4. The lowest BCUT2D eigenvalue weighted by atomic mass is 10.0. The molecule has 36 heavy (non-hydrogen) atoms. The number of primary amides is 1. The van der Waals surface area contributed by atoms with Gasteiger partial charge in [-0.1, -0.05) is 13.8 Å². The molecule has 4 amide bonds. The van der Waals surface area contributed by atoms with Crippen LogP contribution in [0.1, 0.15) is 51.6 Å². The molecule has 1 rings (SSSR count). The summed E-state index contributed by atoms with van der Waals surface area (Å²) in [5, 5.41) is 16.9. The Morgan fingerprint density at radius 1 is 1.00 bits per heavy atom. The first kappa shape index (κ1) is 30.5. The van der Waals surface area contributed by atoms with Crippen LogP contribution in [0.4, 0.5) is 0 Å². The van der Waals surface area contributed by atoms with E-state index in [1.165, 1.54) is 12.5 Å². The number of imidazole rings is 1. The van der Waals surface area contributed by atoms with Crippen molar-refractivity contribution in [1.29, 1.82) is 0 Å². The number of aliphatic carboxylic acids is 1. The van der Waals surface area contributed by atoms with Gasteiger partial charge in [0.05, 0.1) is 12.4 Å². The Morgan fingerprint density at radius 2 is 1.67 bits per heavy atom. The number of H-pyrrole nitrogens is 1. The first-order valence-corrected chi connectivity index (χ1v) is 11.8. The smallest absolute Gasteiger partial charge is 0.326 e. The Morgan fingerprint density at radius 3 is 2.19 bits per heavy atom. The number of hydrogen-bond acceptors (Lipinski definition) is 8. The molecule has 4 atom stereocenters. The maximum absolute atomic E-state index is 13.0. The van der Waals surface area contributed by atoms with Crippen LogP contribution in [0, 0.1) is 5.92 Å². The maximum Gasteiger partial charge on any atom is 0.326 e. The molecule has 0 aromatic carbocycles. The number of carbonyl (C=O) groups is 5. The van der Waals surface area contributed by atoms with Crippen LogP contribution in [0.15, 0.2) is 12.5 Å². The van der Waals surface area contributed by atoms with Crippen molar-refractivity contribution < 1.29 is 29.1 Å². The number of nitrogens with zero attached hydrogens (tertiary/aromatic N) is 1. The minimum atomic E-state index is -1.25. The molecular weight excluding hydrogens is 472 g/mol. The summed E-state index contributed by atoms with van der Waals surface area (Å²) in [4.78, 5) is 68.1. The number of unbranched alkanes of at least 4 members (excludes halogenated alkanes) is 1. The van der Waals surface area contributed by atoms with Crippen LogP contribution in [0.25, 0.3) is 0 Å². The third-order valence-electron chi connectivity index (χ3n) is 5.45. The third-order valence-corrected chi connectivity index (χ3v) is 5.45. The average molecular weight is 511 g/mol. The fourth-order valence-electron chi connectivity index (χ4n) is 3.36. The molecule has 1 aromatic heterocycles. The molecule has 0 aliphatic carbocycles. The SMILES string of the molecule is CC(C)C(NC(=O)C(N)Cc1cnc[nH]1)C(=O)NC(CCC(N)=O)C(=O)NC(CCCCN)C(=O)O. The quantitative estimate of drug-likeness (QED) is 0.106. The summed E-state index contributed by atoms with van der Waals surface area (Å²) in [7, 11) is 0. The van der Waals surface area contributed by atoms with Crippen molar-refractivity contribution in [3.8, 4) is 0 Å². The molecule has 0 saturated heterocycles. The minimum Gasteiger partial charge on any atom is -0.480 e. The summed E-state index contributed by atoms with van der Waals surface area (Å²) in [5.74, 6) is -4.36. The van der Waals surface area contributed by atoms with Gasteiger partial charge in [0.2, 0.25) is 23.6 Å². The third kappa shape index (κ3) is 10.8. The van der Waals surface area contributed by atoms with E-state index in [1.54, 1.807) is 13.8 Å². The minimum absolute atomic E-state index is 0.146. The summed E-state index contributed by atoms with van der Waals surface area (Å²) in [6.07, 6.45) is 3.98. The topological polar surface area (TPSA) is 248 Å². The van der Waals surface area contributed by atoms with Gasteiger partial charge < -0.3 is 43.2 Å². The van der Waals surface area contributed by atoms with Gasteiger partial charge in [0.15, 0.2) is 0 Å². The molecule has 0 fully saturated rings. The molecule has 14 nitrogen and oxygen atoms in total. The van der Waals surface area contributed by atoms with Crippen molar-refractivity contribution in [3.63, 3.8) is 0 Å². The lowest BCUT2D eigenvalue weighted by Crippen LogP contribution is -2.58. The Bertz CT molecular complexity index is 876. The zero-order valence-corrected chi connectivity index (χ0v) is 20.7. The van der Waals surface area contributed by atoms with Crippen molar-refractivity contribution in [3.05, 3.63) is 18.2 Å². The van der Waals surface area contributed by atoms with E-state index in [4.69, 9.17) is 17.2 Å². The van der Waals surface area contributed by atoms with Gasteiger partial charge in [-0.3, -0.25) is 19.2 Å². The lowest BCUT2D eigenvalue weighted by Gasteiger charge is -2.27. The van der Waals surface area contributed by atoms with Crippen LogP contribution in [-0.4, -0.2) is 75.4 Å². The number of nitrogens with two attached hydrogens (primary N) is 3. The normalized spacial score (nSPS) is 14.4. The molecule has 0 bridgehead atoms. The second kappa shape index (κ2) is 15.5. The average Bonchev–Trinajstić information content (AvgIpc) is 3.31. The molecule has 14 heteroatoms.